The van der Waals surface area contributed by atoms with Gasteiger partial charge in [0.25, 0.3) is 5.91 Å². The Morgan fingerprint density at radius 3 is 2.43 bits per heavy atom. The van der Waals surface area contributed by atoms with Crippen molar-refractivity contribution in [2.75, 3.05) is 11.5 Å². The van der Waals surface area contributed by atoms with Crippen LogP contribution in [0.4, 0.5) is 5.69 Å². The summed E-state index contributed by atoms with van der Waals surface area (Å²) in [6.07, 6.45) is 0. The summed E-state index contributed by atoms with van der Waals surface area (Å²) in [4.78, 5) is 32.3. The number of imidazole rings is 1. The van der Waals surface area contributed by atoms with Crippen LogP contribution in [-0.4, -0.2) is 29.0 Å². The Bertz CT molecular complexity index is 1250. The maximum absolute atomic E-state index is 12.8. The number of halogens is 1. The van der Waals surface area contributed by atoms with Gasteiger partial charge in [-0.1, -0.05) is 24.3 Å². The molecule has 150 valence electrons. The summed E-state index contributed by atoms with van der Waals surface area (Å²) >= 11 is 6.24. The Labute approximate surface area is 178 Å². The van der Waals surface area contributed by atoms with E-state index in [0.29, 0.717) is 28.2 Å². The first-order valence-electron chi connectivity index (χ1n) is 9.22. The second-order valence-corrected chi connectivity index (χ2v) is 7.10. The van der Waals surface area contributed by atoms with Gasteiger partial charge in [-0.15, -0.1) is 0 Å². The van der Waals surface area contributed by atoms with Crippen molar-refractivity contribution in [2.24, 2.45) is 0 Å². The highest BCUT2D eigenvalue weighted by Crippen LogP contribution is 2.26. The summed E-state index contributed by atoms with van der Waals surface area (Å²) in [7, 11) is 1.35. The molecule has 0 aliphatic carbocycles. The minimum atomic E-state index is -0.388. The Morgan fingerprint density at radius 2 is 1.73 bits per heavy atom. The van der Waals surface area contributed by atoms with Crippen molar-refractivity contribution in [2.45, 2.75) is 6.92 Å². The van der Waals surface area contributed by atoms with Crippen molar-refractivity contribution >= 4 is 40.4 Å². The monoisotopic (exact) mass is 419 g/mol. The molecule has 1 heterocycles. The highest BCUT2D eigenvalue weighted by atomic mass is 35.5. The van der Waals surface area contributed by atoms with Crippen LogP contribution in [0.5, 0.6) is 0 Å². The van der Waals surface area contributed by atoms with E-state index >= 15 is 0 Å². The molecule has 0 saturated heterocycles. The number of aryl methyl sites for hydroxylation is 1. The summed E-state index contributed by atoms with van der Waals surface area (Å²) < 4.78 is 5.85. The van der Waals surface area contributed by atoms with E-state index < -0.39 is 0 Å². The van der Waals surface area contributed by atoms with Gasteiger partial charge < -0.3 is 9.72 Å². The number of ether oxygens (including phenoxy) is 1. The number of anilines is 1. The van der Waals surface area contributed by atoms with E-state index in [0.717, 1.165) is 21.1 Å². The molecule has 0 spiro atoms. The molecule has 0 unspecified atom stereocenters. The molecule has 1 amide bonds. The van der Waals surface area contributed by atoms with E-state index in [-0.39, 0.29) is 11.9 Å². The molecule has 7 heteroatoms. The fourth-order valence-corrected chi connectivity index (χ4v) is 3.44. The number of hydrogen-bond acceptors (Lipinski definition) is 4. The summed E-state index contributed by atoms with van der Waals surface area (Å²) in [5.74, 6) is -0.0738. The lowest BCUT2D eigenvalue weighted by molar-refractivity contribution is 0.0600. The van der Waals surface area contributed by atoms with Crippen molar-refractivity contribution < 1.29 is 14.3 Å². The van der Waals surface area contributed by atoms with Gasteiger partial charge in [-0.05, 0) is 55.0 Å². The molecule has 0 radical (unpaired) electrons. The lowest BCUT2D eigenvalue weighted by Gasteiger charge is -2.13. The fraction of sp³-hybridized carbons (Fsp3) is 0.0870. The molecule has 6 nitrogen and oxygen atoms in total. The van der Waals surface area contributed by atoms with Gasteiger partial charge in [0, 0.05) is 22.9 Å². The number of carbonyl (C=O) groups excluding carboxylic acids is 2. The zero-order valence-corrected chi connectivity index (χ0v) is 17.1. The molecule has 1 aromatic heterocycles. The van der Waals surface area contributed by atoms with Gasteiger partial charge in [0.2, 0.25) is 0 Å². The number of nitrogens with zero attached hydrogens (tertiary/aromatic N) is 2. The van der Waals surface area contributed by atoms with Crippen LogP contribution in [-0.2, 0) is 4.74 Å². The van der Waals surface area contributed by atoms with Crippen LogP contribution in [0.25, 0.3) is 22.4 Å². The van der Waals surface area contributed by atoms with Crippen molar-refractivity contribution in [3.05, 3.63) is 83.4 Å². The van der Waals surface area contributed by atoms with Crippen molar-refractivity contribution in [3.63, 3.8) is 0 Å². The fourth-order valence-electron chi connectivity index (χ4n) is 3.23. The first-order chi connectivity index (χ1) is 14.5. The molecule has 4 rings (SSSR count). The number of nitrogens with one attached hydrogen (secondary N) is 1. The van der Waals surface area contributed by atoms with Crippen LogP contribution in [0.1, 0.15) is 26.3 Å². The maximum Gasteiger partial charge on any atom is 0.337 e. The number of para-hydroxylation sites is 1. The van der Waals surface area contributed by atoms with Crippen LogP contribution in [0.3, 0.4) is 0 Å². The first-order valence-corrected chi connectivity index (χ1v) is 9.56. The Hall–Kier alpha value is -3.64. The Kier molecular flexibility index (Phi) is 5.25. The van der Waals surface area contributed by atoms with E-state index in [1.54, 1.807) is 42.5 Å². The highest BCUT2D eigenvalue weighted by molar-refractivity contribution is 6.39. The quantitative estimate of drug-likeness (QED) is 0.367. The average molecular weight is 420 g/mol. The lowest BCUT2D eigenvalue weighted by atomic mass is 10.0. The van der Waals surface area contributed by atoms with E-state index in [9.17, 15) is 9.59 Å². The minimum absolute atomic E-state index is 0.334. The van der Waals surface area contributed by atoms with E-state index in [4.69, 9.17) is 16.5 Å². The molecule has 4 aromatic rings. The Balaban J connectivity index is 1.66. The SMILES string of the molecule is COC(=O)c1ccc(-c2nc3ccc(C(=O)N(Cl)c4ccccc4)cc3[nH]2)c(C)c1. The van der Waals surface area contributed by atoms with E-state index in [2.05, 4.69) is 9.97 Å². The zero-order chi connectivity index (χ0) is 21.3. The molecule has 3 aromatic carbocycles. The minimum Gasteiger partial charge on any atom is -0.465 e. The first kappa shape index (κ1) is 19.7. The van der Waals surface area contributed by atoms with E-state index in [1.165, 1.54) is 7.11 Å². The van der Waals surface area contributed by atoms with Crippen LogP contribution in [0, 0.1) is 6.92 Å². The number of rotatable bonds is 4. The summed E-state index contributed by atoms with van der Waals surface area (Å²) in [6.45, 7) is 1.90. The molecular weight excluding hydrogens is 402 g/mol. The van der Waals surface area contributed by atoms with Gasteiger partial charge in [-0.3, -0.25) is 4.79 Å². The Morgan fingerprint density at radius 1 is 1.00 bits per heavy atom. The number of methoxy groups -OCH3 is 1. The second-order valence-electron chi connectivity index (χ2n) is 6.76. The molecule has 0 saturated carbocycles. The van der Waals surface area contributed by atoms with Gasteiger partial charge in [0.05, 0.1) is 29.4 Å². The molecular formula is C23H18ClN3O3. The second kappa shape index (κ2) is 8.00. The number of amides is 1. The van der Waals surface area contributed by atoms with Crippen molar-refractivity contribution in [3.8, 4) is 11.4 Å². The lowest BCUT2D eigenvalue weighted by Crippen LogP contribution is -2.20. The average Bonchev–Trinajstić information content (AvgIpc) is 3.21. The van der Waals surface area contributed by atoms with Gasteiger partial charge in [0.1, 0.15) is 5.82 Å². The van der Waals surface area contributed by atoms with Crippen molar-refractivity contribution in [1.82, 2.24) is 9.97 Å². The van der Waals surface area contributed by atoms with Gasteiger partial charge in [-0.25, -0.2) is 14.2 Å². The number of H-pyrrole nitrogens is 1. The maximum atomic E-state index is 12.8. The topological polar surface area (TPSA) is 75.3 Å². The molecule has 0 fully saturated rings. The third-order valence-electron chi connectivity index (χ3n) is 4.79. The normalized spacial score (nSPS) is 10.8. The largest absolute Gasteiger partial charge is 0.465 e. The molecule has 30 heavy (non-hydrogen) atoms. The van der Waals surface area contributed by atoms with Gasteiger partial charge >= 0.3 is 5.97 Å². The number of benzene rings is 3. The van der Waals surface area contributed by atoms with Crippen LogP contribution in [0.2, 0.25) is 0 Å². The predicted octanol–water partition coefficient (Wildman–Crippen LogP) is 5.13. The summed E-state index contributed by atoms with van der Waals surface area (Å²) in [5.41, 5.74) is 4.68. The third kappa shape index (κ3) is 3.65. The number of aromatic amines is 1. The van der Waals surface area contributed by atoms with Gasteiger partial charge in [-0.2, -0.15) is 0 Å². The molecule has 0 aliphatic heterocycles. The third-order valence-corrected chi connectivity index (χ3v) is 5.14. The number of esters is 1. The molecule has 0 aliphatic rings. The summed E-state index contributed by atoms with van der Waals surface area (Å²) in [5, 5.41) is 0. The van der Waals surface area contributed by atoms with Crippen LogP contribution >= 0.6 is 11.8 Å². The predicted molar refractivity (Wildman–Crippen MR) is 117 cm³/mol. The summed E-state index contributed by atoms with van der Waals surface area (Å²) in [6, 6.07) is 19.5. The van der Waals surface area contributed by atoms with Crippen molar-refractivity contribution in [1.29, 1.82) is 0 Å². The number of fused-ring (bicyclic) bond motifs is 1. The number of aromatic nitrogens is 2. The number of carbonyl (C=O) groups is 2. The smallest absolute Gasteiger partial charge is 0.337 e. The molecule has 1 N–H and O–H groups in total. The zero-order valence-electron chi connectivity index (χ0n) is 16.3. The molecule has 0 atom stereocenters. The van der Waals surface area contributed by atoms with E-state index in [1.807, 2.05) is 31.2 Å². The van der Waals surface area contributed by atoms with Gasteiger partial charge in [0.15, 0.2) is 0 Å². The number of hydrogen-bond donors (Lipinski definition) is 1. The highest BCUT2D eigenvalue weighted by Gasteiger charge is 2.17. The molecule has 0 bridgehead atoms. The van der Waals surface area contributed by atoms with Crippen LogP contribution in [0.15, 0.2) is 66.7 Å². The standard InChI is InChI=1S/C23H18ClN3O3/c1-14-12-16(23(29)30-2)8-10-18(14)21-25-19-11-9-15(13-20(19)26-21)22(28)27(24)17-6-4-3-5-7-17/h3-13H,1-2H3,(H,25,26). The van der Waals surface area contributed by atoms with Crippen LogP contribution < -0.4 is 4.42 Å².